The van der Waals surface area contributed by atoms with Gasteiger partial charge < -0.3 is 5.11 Å². The second-order valence-corrected chi connectivity index (χ2v) is 6.55. The summed E-state index contributed by atoms with van der Waals surface area (Å²) in [4.78, 5) is 11.8. The number of aromatic nitrogens is 2. The van der Waals surface area contributed by atoms with Gasteiger partial charge in [-0.3, -0.25) is 4.79 Å². The van der Waals surface area contributed by atoms with Crippen molar-refractivity contribution in [2.45, 2.75) is 31.6 Å². The molecule has 1 heterocycles. The first-order chi connectivity index (χ1) is 9.71. The average Bonchev–Trinajstić information content (AvgIpc) is 2.38. The summed E-state index contributed by atoms with van der Waals surface area (Å²) in [5.41, 5.74) is 1.39. The number of fused-ring (bicyclic) bond motifs is 1. The number of hydrogen-bond acceptors (Lipinski definition) is 3. The molecule has 1 aromatic carbocycles. The minimum Gasteiger partial charge on any atom is -0.396 e. The van der Waals surface area contributed by atoms with Crippen LogP contribution in [0.2, 0.25) is 0 Å². The lowest BCUT2D eigenvalue weighted by atomic mass is 9.48. The van der Waals surface area contributed by atoms with E-state index in [1.165, 1.54) is 0 Å². The molecule has 0 atom stereocenters. The van der Waals surface area contributed by atoms with E-state index in [9.17, 15) is 4.79 Å². The van der Waals surface area contributed by atoms with E-state index in [1.807, 2.05) is 24.3 Å². The Labute approximate surface area is 116 Å². The molecule has 2 N–H and O–H groups in total. The number of hydrogen-bond donors (Lipinski definition) is 2. The van der Waals surface area contributed by atoms with Gasteiger partial charge in [0.05, 0.1) is 11.1 Å². The monoisotopic (exact) mass is 270 g/mol. The van der Waals surface area contributed by atoms with E-state index < -0.39 is 0 Å². The van der Waals surface area contributed by atoms with Gasteiger partial charge in [-0.1, -0.05) is 18.2 Å². The Hall–Kier alpha value is -1.68. The number of aliphatic hydroxyl groups is 1. The van der Waals surface area contributed by atoms with Gasteiger partial charge in [0.1, 0.15) is 0 Å². The normalized spacial score (nSPS) is 32.0. The molecule has 104 valence electrons. The quantitative estimate of drug-likeness (QED) is 0.879. The average molecular weight is 270 g/mol. The summed E-state index contributed by atoms with van der Waals surface area (Å²) in [6.45, 7) is 0.326. The molecule has 0 amide bonds. The van der Waals surface area contributed by atoms with Crippen LogP contribution in [0.4, 0.5) is 0 Å². The largest absolute Gasteiger partial charge is 0.396 e. The summed E-state index contributed by atoms with van der Waals surface area (Å²) in [7, 11) is 0. The van der Waals surface area contributed by atoms with Crippen molar-refractivity contribution in [2.75, 3.05) is 6.61 Å². The zero-order valence-corrected chi connectivity index (χ0v) is 11.3. The van der Waals surface area contributed by atoms with Crippen molar-refractivity contribution >= 4 is 10.8 Å². The van der Waals surface area contributed by atoms with E-state index in [1.54, 1.807) is 0 Å². The Balaban J connectivity index is 1.62. The molecule has 4 rings (SSSR count). The Morgan fingerprint density at radius 1 is 1.20 bits per heavy atom. The molecule has 20 heavy (non-hydrogen) atoms. The van der Waals surface area contributed by atoms with Gasteiger partial charge in [0, 0.05) is 17.9 Å². The zero-order valence-electron chi connectivity index (χ0n) is 11.3. The highest BCUT2D eigenvalue weighted by atomic mass is 16.3. The van der Waals surface area contributed by atoms with Crippen molar-refractivity contribution in [1.82, 2.24) is 10.2 Å². The van der Waals surface area contributed by atoms with E-state index in [2.05, 4.69) is 10.2 Å². The fourth-order valence-electron chi connectivity index (χ4n) is 4.25. The molecule has 2 aliphatic carbocycles. The fraction of sp³-hybridized carbons (Fsp3) is 0.500. The summed E-state index contributed by atoms with van der Waals surface area (Å²) in [5.74, 6) is 0.965. The number of rotatable bonds is 2. The molecule has 0 bridgehead atoms. The van der Waals surface area contributed by atoms with Gasteiger partial charge in [0.25, 0.3) is 5.56 Å². The number of aliphatic hydroxyl groups excluding tert-OH is 1. The molecule has 2 fully saturated rings. The van der Waals surface area contributed by atoms with Crippen LogP contribution in [0.15, 0.2) is 29.1 Å². The third-order valence-electron chi connectivity index (χ3n) is 5.17. The van der Waals surface area contributed by atoms with Crippen LogP contribution >= 0.6 is 0 Å². The van der Waals surface area contributed by atoms with Crippen molar-refractivity contribution in [3.05, 3.63) is 40.3 Å². The van der Waals surface area contributed by atoms with Crippen LogP contribution in [0.3, 0.4) is 0 Å². The highest BCUT2D eigenvalue weighted by molar-refractivity contribution is 5.83. The number of H-pyrrole nitrogens is 1. The zero-order chi connectivity index (χ0) is 13.7. The molecule has 0 aliphatic heterocycles. The molecule has 2 aromatic rings. The molecular formula is C16H18N2O2. The minimum atomic E-state index is -0.109. The Morgan fingerprint density at radius 2 is 1.90 bits per heavy atom. The predicted octanol–water partition coefficient (Wildman–Crippen LogP) is 2.19. The van der Waals surface area contributed by atoms with E-state index in [0.717, 1.165) is 42.1 Å². The lowest BCUT2D eigenvalue weighted by Crippen LogP contribution is -2.47. The van der Waals surface area contributed by atoms with Crippen molar-refractivity contribution in [3.63, 3.8) is 0 Å². The molecule has 0 saturated heterocycles. The molecule has 4 heteroatoms. The topological polar surface area (TPSA) is 66.0 Å². The van der Waals surface area contributed by atoms with E-state index in [4.69, 9.17) is 5.11 Å². The second-order valence-electron chi connectivity index (χ2n) is 6.55. The van der Waals surface area contributed by atoms with E-state index >= 15 is 0 Å². The van der Waals surface area contributed by atoms with E-state index in [0.29, 0.717) is 23.9 Å². The van der Waals surface area contributed by atoms with Gasteiger partial charge in [-0.25, -0.2) is 5.10 Å². The van der Waals surface area contributed by atoms with Crippen molar-refractivity contribution in [3.8, 4) is 0 Å². The van der Waals surface area contributed by atoms with Gasteiger partial charge >= 0.3 is 0 Å². The summed E-state index contributed by atoms with van der Waals surface area (Å²) >= 11 is 0. The molecule has 2 saturated carbocycles. The van der Waals surface area contributed by atoms with Crippen molar-refractivity contribution < 1.29 is 5.11 Å². The first kappa shape index (κ1) is 12.1. The highest BCUT2D eigenvalue weighted by Gasteiger charge is 2.53. The Kier molecular flexibility index (Phi) is 2.51. The molecule has 2 aliphatic rings. The molecule has 4 nitrogen and oxygen atoms in total. The van der Waals surface area contributed by atoms with Gasteiger partial charge in [-0.2, -0.15) is 5.10 Å². The van der Waals surface area contributed by atoms with Crippen LogP contribution < -0.4 is 5.56 Å². The number of benzene rings is 1. The minimum absolute atomic E-state index is 0.109. The molecule has 0 radical (unpaired) electrons. The second kappa shape index (κ2) is 4.16. The first-order valence-corrected chi connectivity index (χ1v) is 7.29. The smallest absolute Gasteiger partial charge is 0.272 e. The summed E-state index contributed by atoms with van der Waals surface area (Å²) < 4.78 is 0. The van der Waals surface area contributed by atoms with Crippen LogP contribution in [0.5, 0.6) is 0 Å². The molecule has 1 aromatic heterocycles. The van der Waals surface area contributed by atoms with E-state index in [-0.39, 0.29) is 5.56 Å². The first-order valence-electron chi connectivity index (χ1n) is 7.29. The highest BCUT2D eigenvalue weighted by Crippen LogP contribution is 2.63. The number of aromatic amines is 1. The fourth-order valence-corrected chi connectivity index (χ4v) is 4.25. The standard InChI is InChI=1S/C16H18N2O2/c19-9-10-5-16(6-10)7-11(8-16)14-12-3-1-2-4-13(12)15(20)18-17-14/h1-4,10-11,19H,5-9H2,(H,18,20). The predicted molar refractivity (Wildman–Crippen MR) is 76.6 cm³/mol. The molecule has 0 unspecified atom stereocenters. The maximum Gasteiger partial charge on any atom is 0.272 e. The van der Waals surface area contributed by atoms with Crippen LogP contribution in [-0.2, 0) is 0 Å². The van der Waals surface area contributed by atoms with Crippen molar-refractivity contribution in [1.29, 1.82) is 0 Å². The third-order valence-corrected chi connectivity index (χ3v) is 5.17. The van der Waals surface area contributed by atoms with Gasteiger partial charge in [0.2, 0.25) is 0 Å². The lowest BCUT2D eigenvalue weighted by molar-refractivity contribution is -0.0610. The van der Waals surface area contributed by atoms with Gasteiger partial charge in [-0.15, -0.1) is 0 Å². The van der Waals surface area contributed by atoms with Gasteiger partial charge in [-0.05, 0) is 43.1 Å². The van der Waals surface area contributed by atoms with Crippen molar-refractivity contribution in [2.24, 2.45) is 11.3 Å². The number of nitrogens with zero attached hydrogens (tertiary/aromatic N) is 1. The number of nitrogens with one attached hydrogen (secondary N) is 1. The maximum atomic E-state index is 11.8. The summed E-state index contributed by atoms with van der Waals surface area (Å²) in [6, 6.07) is 7.71. The van der Waals surface area contributed by atoms with Gasteiger partial charge in [0.15, 0.2) is 0 Å². The molecular weight excluding hydrogens is 252 g/mol. The SMILES string of the molecule is O=c1[nH]nc(C2CC3(CC(CO)C3)C2)c2ccccc12. The molecule has 1 spiro atoms. The summed E-state index contributed by atoms with van der Waals surface area (Å²) in [6.07, 6.45) is 4.60. The third kappa shape index (κ3) is 1.64. The van der Waals surface area contributed by atoms with Crippen LogP contribution in [0, 0.1) is 11.3 Å². The Bertz CT molecular complexity index is 708. The maximum absolute atomic E-state index is 11.8. The lowest BCUT2D eigenvalue weighted by Gasteiger charge is -2.57. The van der Waals surface area contributed by atoms with Crippen LogP contribution in [0.1, 0.15) is 37.3 Å². The van der Waals surface area contributed by atoms with Crippen LogP contribution in [0.25, 0.3) is 10.8 Å². The Morgan fingerprint density at radius 3 is 2.60 bits per heavy atom. The summed E-state index contributed by atoms with van der Waals surface area (Å²) in [5, 5.41) is 17.8. The van der Waals surface area contributed by atoms with Crippen LogP contribution in [-0.4, -0.2) is 21.9 Å².